The first-order valence-electron chi connectivity index (χ1n) is 7.53. The summed E-state index contributed by atoms with van der Waals surface area (Å²) < 4.78 is 6.09. The number of hydrogen-bond acceptors (Lipinski definition) is 5. The highest BCUT2D eigenvalue weighted by Gasteiger charge is 2.30. The van der Waals surface area contributed by atoms with Gasteiger partial charge < -0.3 is 15.2 Å². The Morgan fingerprint density at radius 3 is 2.62 bits per heavy atom. The molecule has 5 nitrogen and oxygen atoms in total. The number of amides is 1. The number of aromatic nitrogens is 1. The van der Waals surface area contributed by atoms with E-state index in [1.165, 1.54) is 18.4 Å². The Morgan fingerprint density at radius 2 is 1.92 bits per heavy atom. The molecule has 0 saturated heterocycles. The lowest BCUT2D eigenvalue weighted by molar-refractivity contribution is -0.0334. The molecular formula is C18H18N2O3S. The van der Waals surface area contributed by atoms with Crippen LogP contribution in [-0.2, 0) is 10.3 Å². The van der Waals surface area contributed by atoms with Gasteiger partial charge in [0.05, 0.1) is 23.4 Å². The molecular weight excluding hydrogens is 324 g/mol. The first-order valence-corrected chi connectivity index (χ1v) is 8.35. The first kappa shape index (κ1) is 16.6. The number of hydrogen-bond donors (Lipinski definition) is 2. The van der Waals surface area contributed by atoms with Crippen LogP contribution in [0, 0.1) is 0 Å². The number of benzene rings is 2. The van der Waals surface area contributed by atoms with Gasteiger partial charge in [0, 0.05) is 7.11 Å². The molecule has 0 aliphatic carbocycles. The number of rotatable bonds is 6. The fourth-order valence-corrected chi connectivity index (χ4v) is 3.38. The lowest BCUT2D eigenvalue weighted by Crippen LogP contribution is -2.43. The van der Waals surface area contributed by atoms with Crippen molar-refractivity contribution in [1.29, 1.82) is 0 Å². The van der Waals surface area contributed by atoms with Crippen LogP contribution in [0.2, 0.25) is 0 Å². The molecule has 1 atom stereocenters. The minimum absolute atomic E-state index is 0.0413. The van der Waals surface area contributed by atoms with Crippen molar-refractivity contribution < 1.29 is 14.6 Å². The monoisotopic (exact) mass is 342 g/mol. The van der Waals surface area contributed by atoms with E-state index < -0.39 is 5.60 Å². The summed E-state index contributed by atoms with van der Waals surface area (Å²) in [6, 6.07) is 16.8. The summed E-state index contributed by atoms with van der Waals surface area (Å²) >= 11 is 1.33. The maximum absolute atomic E-state index is 12.4. The minimum Gasteiger partial charge on any atom is -0.381 e. The van der Waals surface area contributed by atoms with E-state index in [1.807, 2.05) is 54.6 Å². The van der Waals surface area contributed by atoms with Gasteiger partial charge in [-0.15, -0.1) is 11.3 Å². The highest BCUT2D eigenvalue weighted by atomic mass is 32.1. The second-order valence-electron chi connectivity index (χ2n) is 5.50. The standard InChI is InChI=1S/C18H18N2O3S/c1-23-12-18(22,13-7-3-2-4-8-13)11-19-16(21)17-20-14-9-5-6-10-15(14)24-17/h2-10,22H,11-12H2,1H3,(H,19,21)/t18-/m1/s1. The topological polar surface area (TPSA) is 71.5 Å². The second kappa shape index (κ2) is 7.09. The molecule has 0 aliphatic rings. The van der Waals surface area contributed by atoms with Gasteiger partial charge in [0.25, 0.3) is 5.91 Å². The van der Waals surface area contributed by atoms with Gasteiger partial charge in [-0.1, -0.05) is 42.5 Å². The molecule has 0 unspecified atom stereocenters. The molecule has 0 spiro atoms. The predicted molar refractivity (Wildman–Crippen MR) is 94.2 cm³/mol. The number of para-hydroxylation sites is 1. The molecule has 0 radical (unpaired) electrons. The van der Waals surface area contributed by atoms with Crippen LogP contribution in [0.4, 0.5) is 0 Å². The molecule has 2 aromatic carbocycles. The zero-order valence-corrected chi connectivity index (χ0v) is 14.0. The number of carbonyl (C=O) groups is 1. The van der Waals surface area contributed by atoms with E-state index in [0.29, 0.717) is 10.6 Å². The Kier molecular flexibility index (Phi) is 4.89. The maximum Gasteiger partial charge on any atom is 0.280 e. The normalized spacial score (nSPS) is 13.6. The first-order chi connectivity index (χ1) is 11.6. The Balaban J connectivity index is 1.75. The molecule has 0 saturated carbocycles. The van der Waals surface area contributed by atoms with Crippen molar-refractivity contribution >= 4 is 27.5 Å². The molecule has 124 valence electrons. The van der Waals surface area contributed by atoms with Crippen molar-refractivity contribution in [3.63, 3.8) is 0 Å². The molecule has 24 heavy (non-hydrogen) atoms. The number of fused-ring (bicyclic) bond motifs is 1. The lowest BCUT2D eigenvalue weighted by Gasteiger charge is -2.28. The number of methoxy groups -OCH3 is 1. The summed E-state index contributed by atoms with van der Waals surface area (Å²) in [5, 5.41) is 14.0. The quantitative estimate of drug-likeness (QED) is 0.722. The lowest BCUT2D eigenvalue weighted by atomic mass is 9.94. The van der Waals surface area contributed by atoms with E-state index in [2.05, 4.69) is 10.3 Å². The average Bonchev–Trinajstić information content (AvgIpc) is 3.05. The van der Waals surface area contributed by atoms with Gasteiger partial charge in [-0.3, -0.25) is 4.79 Å². The number of carbonyl (C=O) groups excluding carboxylic acids is 1. The largest absolute Gasteiger partial charge is 0.381 e. The van der Waals surface area contributed by atoms with Crippen molar-refractivity contribution in [2.45, 2.75) is 5.60 Å². The van der Waals surface area contributed by atoms with Crippen molar-refractivity contribution in [2.24, 2.45) is 0 Å². The van der Waals surface area contributed by atoms with E-state index in [4.69, 9.17) is 4.74 Å². The fraction of sp³-hybridized carbons (Fsp3) is 0.222. The molecule has 0 bridgehead atoms. The van der Waals surface area contributed by atoms with Crippen molar-refractivity contribution in [2.75, 3.05) is 20.3 Å². The van der Waals surface area contributed by atoms with Crippen LogP contribution in [0.5, 0.6) is 0 Å². The van der Waals surface area contributed by atoms with E-state index in [9.17, 15) is 9.90 Å². The third-order valence-corrected chi connectivity index (χ3v) is 4.76. The van der Waals surface area contributed by atoms with Crippen molar-refractivity contribution in [3.05, 3.63) is 65.2 Å². The fourth-order valence-electron chi connectivity index (χ4n) is 2.50. The summed E-state index contributed by atoms with van der Waals surface area (Å²) in [6.45, 7) is 0.122. The number of nitrogens with zero attached hydrogens (tertiary/aromatic N) is 1. The Morgan fingerprint density at radius 1 is 1.21 bits per heavy atom. The molecule has 1 heterocycles. The van der Waals surface area contributed by atoms with E-state index in [0.717, 1.165) is 10.2 Å². The van der Waals surface area contributed by atoms with Crippen LogP contribution < -0.4 is 5.32 Å². The van der Waals surface area contributed by atoms with Gasteiger partial charge in [0.2, 0.25) is 0 Å². The molecule has 1 aromatic heterocycles. The van der Waals surface area contributed by atoms with Gasteiger partial charge in [0.1, 0.15) is 5.60 Å². The van der Waals surface area contributed by atoms with E-state index in [1.54, 1.807) is 0 Å². The smallest absolute Gasteiger partial charge is 0.280 e. The number of nitrogens with one attached hydrogen (secondary N) is 1. The van der Waals surface area contributed by atoms with E-state index in [-0.39, 0.29) is 19.1 Å². The number of thiazole rings is 1. The molecule has 3 aromatic rings. The van der Waals surface area contributed by atoms with Gasteiger partial charge in [0.15, 0.2) is 5.01 Å². The molecule has 0 fully saturated rings. The summed E-state index contributed by atoms with van der Waals surface area (Å²) in [6.07, 6.45) is 0. The maximum atomic E-state index is 12.4. The number of ether oxygens (including phenoxy) is 1. The van der Waals surface area contributed by atoms with Crippen molar-refractivity contribution in [1.82, 2.24) is 10.3 Å². The average molecular weight is 342 g/mol. The van der Waals surface area contributed by atoms with Gasteiger partial charge >= 0.3 is 0 Å². The predicted octanol–water partition coefficient (Wildman–Crippen LogP) is 2.56. The van der Waals surface area contributed by atoms with Crippen LogP contribution in [0.25, 0.3) is 10.2 Å². The Bertz CT molecular complexity index is 801. The number of aliphatic hydroxyl groups is 1. The highest BCUT2D eigenvalue weighted by Crippen LogP contribution is 2.23. The van der Waals surface area contributed by atoms with Crippen LogP contribution in [-0.4, -0.2) is 36.3 Å². The van der Waals surface area contributed by atoms with Gasteiger partial charge in [-0.2, -0.15) is 0 Å². The van der Waals surface area contributed by atoms with Gasteiger partial charge in [-0.05, 0) is 17.7 Å². The molecule has 0 aliphatic heterocycles. The SMILES string of the molecule is COC[C@](O)(CNC(=O)c1nc2ccccc2s1)c1ccccc1. The van der Waals surface area contributed by atoms with Gasteiger partial charge in [-0.25, -0.2) is 4.98 Å². The van der Waals surface area contributed by atoms with E-state index >= 15 is 0 Å². The molecule has 3 rings (SSSR count). The zero-order valence-electron chi connectivity index (χ0n) is 13.2. The van der Waals surface area contributed by atoms with Crippen LogP contribution in [0.15, 0.2) is 54.6 Å². The minimum atomic E-state index is -1.29. The molecule has 1 amide bonds. The summed E-state index contributed by atoms with van der Waals surface area (Å²) in [4.78, 5) is 16.7. The second-order valence-corrected chi connectivity index (χ2v) is 6.53. The zero-order chi connectivity index (χ0) is 17.0. The third kappa shape index (κ3) is 3.46. The van der Waals surface area contributed by atoms with Crippen LogP contribution in [0.1, 0.15) is 15.4 Å². The summed E-state index contributed by atoms with van der Waals surface area (Å²) in [5.74, 6) is -0.304. The summed E-state index contributed by atoms with van der Waals surface area (Å²) in [5.41, 5.74) is 0.196. The highest BCUT2D eigenvalue weighted by molar-refractivity contribution is 7.20. The summed E-state index contributed by atoms with van der Waals surface area (Å²) in [7, 11) is 1.52. The van der Waals surface area contributed by atoms with Crippen LogP contribution >= 0.6 is 11.3 Å². The third-order valence-electron chi connectivity index (χ3n) is 3.72. The Labute approximate surface area is 143 Å². The molecule has 2 N–H and O–H groups in total. The van der Waals surface area contributed by atoms with Crippen molar-refractivity contribution in [3.8, 4) is 0 Å². The Hall–Kier alpha value is -2.28. The van der Waals surface area contributed by atoms with Crippen LogP contribution in [0.3, 0.4) is 0 Å². The molecule has 6 heteroatoms.